The third kappa shape index (κ3) is 6.38. The van der Waals surface area contributed by atoms with E-state index in [4.69, 9.17) is 42.6 Å². The normalized spacial score (nSPS) is 18.2. The Morgan fingerprint density at radius 2 is 1.94 bits per heavy atom. The maximum Gasteiger partial charge on any atom is 0.335 e. The van der Waals surface area contributed by atoms with Gasteiger partial charge in [-0.3, -0.25) is 4.90 Å². The molecule has 2 aliphatic heterocycles. The lowest BCUT2D eigenvalue weighted by Gasteiger charge is -2.44. The van der Waals surface area contributed by atoms with Crippen LogP contribution in [-0.4, -0.2) is 78.4 Å². The number of halogens is 3. The van der Waals surface area contributed by atoms with Crippen LogP contribution in [0.2, 0.25) is 10.0 Å². The lowest BCUT2D eigenvalue weighted by atomic mass is 10.0. The molecule has 0 bridgehead atoms. The SMILES string of the molecule is Cc1nccn1CCn1c(CN2CCN(c3cccc(OCc4ccc(Cl)cc4F)n3)C3COCC32)nc2c(Cl)cc(C(=O)O)cc21. The average molecular weight is 681 g/mol. The molecule has 244 valence electrons. The minimum Gasteiger partial charge on any atom is -0.478 e. The van der Waals surface area contributed by atoms with Gasteiger partial charge >= 0.3 is 5.97 Å². The number of aromatic nitrogens is 5. The van der Waals surface area contributed by atoms with Crippen molar-refractivity contribution in [1.29, 1.82) is 0 Å². The zero-order valence-electron chi connectivity index (χ0n) is 25.5. The van der Waals surface area contributed by atoms with Crippen LogP contribution >= 0.6 is 23.2 Å². The van der Waals surface area contributed by atoms with Crippen LogP contribution in [0.5, 0.6) is 5.88 Å². The Labute approximate surface area is 280 Å². The van der Waals surface area contributed by atoms with Crippen LogP contribution in [-0.2, 0) is 31.0 Å². The Bertz CT molecular complexity index is 1950. The van der Waals surface area contributed by atoms with Crippen LogP contribution in [0.15, 0.2) is 60.9 Å². The number of hydrogen-bond acceptors (Lipinski definition) is 8. The largest absolute Gasteiger partial charge is 0.478 e. The predicted molar refractivity (Wildman–Crippen MR) is 175 cm³/mol. The molecule has 2 fully saturated rings. The number of carbonyl (C=O) groups is 1. The number of aromatic carboxylic acids is 1. The second kappa shape index (κ2) is 13.1. The molecule has 2 saturated heterocycles. The Morgan fingerprint density at radius 3 is 2.72 bits per heavy atom. The number of pyridine rings is 1. The van der Waals surface area contributed by atoms with Crippen molar-refractivity contribution in [3.05, 3.63) is 99.6 Å². The predicted octanol–water partition coefficient (Wildman–Crippen LogP) is 5.45. The maximum atomic E-state index is 14.3. The monoisotopic (exact) mass is 679 g/mol. The highest BCUT2D eigenvalue weighted by molar-refractivity contribution is 6.35. The lowest BCUT2D eigenvalue weighted by Crippen LogP contribution is -2.59. The fourth-order valence-corrected chi connectivity index (χ4v) is 6.83. The number of carboxylic acid groups (broad SMARTS) is 1. The van der Waals surface area contributed by atoms with Gasteiger partial charge in [0.25, 0.3) is 0 Å². The van der Waals surface area contributed by atoms with Crippen LogP contribution in [0.1, 0.15) is 27.6 Å². The number of piperazine rings is 1. The van der Waals surface area contributed by atoms with E-state index in [-0.39, 0.29) is 24.3 Å². The quantitative estimate of drug-likeness (QED) is 0.206. The molecule has 1 N–H and O–H groups in total. The molecule has 2 aliphatic rings. The molecule has 2 unspecified atom stereocenters. The van der Waals surface area contributed by atoms with Gasteiger partial charge in [-0.1, -0.05) is 35.3 Å². The molecule has 14 heteroatoms. The van der Waals surface area contributed by atoms with Gasteiger partial charge in [-0.2, -0.15) is 4.98 Å². The van der Waals surface area contributed by atoms with E-state index in [2.05, 4.69) is 23.9 Å². The minimum atomic E-state index is -1.05. The number of carboxylic acids is 1. The van der Waals surface area contributed by atoms with E-state index in [1.807, 2.05) is 25.3 Å². The van der Waals surface area contributed by atoms with Gasteiger partial charge in [0.1, 0.15) is 35.4 Å². The Morgan fingerprint density at radius 1 is 1.09 bits per heavy atom. The van der Waals surface area contributed by atoms with E-state index in [0.29, 0.717) is 78.5 Å². The van der Waals surface area contributed by atoms with Crippen molar-refractivity contribution in [1.82, 2.24) is 29.0 Å². The van der Waals surface area contributed by atoms with E-state index in [0.717, 1.165) is 17.5 Å². The van der Waals surface area contributed by atoms with Crippen LogP contribution in [0.3, 0.4) is 0 Å². The maximum absolute atomic E-state index is 14.3. The summed E-state index contributed by atoms with van der Waals surface area (Å²) in [5.74, 6) is 1.37. The highest BCUT2D eigenvalue weighted by atomic mass is 35.5. The van der Waals surface area contributed by atoms with Crippen molar-refractivity contribution in [2.24, 2.45) is 0 Å². The van der Waals surface area contributed by atoms with Gasteiger partial charge in [0, 0.05) is 55.2 Å². The number of benzene rings is 2. The van der Waals surface area contributed by atoms with E-state index >= 15 is 0 Å². The van der Waals surface area contributed by atoms with Crippen molar-refractivity contribution in [2.75, 3.05) is 31.2 Å². The summed E-state index contributed by atoms with van der Waals surface area (Å²) in [4.78, 5) is 30.5. The number of anilines is 1. The summed E-state index contributed by atoms with van der Waals surface area (Å²) < 4.78 is 30.3. The van der Waals surface area contributed by atoms with Crippen molar-refractivity contribution in [3.63, 3.8) is 0 Å². The van der Waals surface area contributed by atoms with E-state index < -0.39 is 11.8 Å². The highest BCUT2D eigenvalue weighted by Gasteiger charge is 2.42. The first-order chi connectivity index (χ1) is 22.7. The fourth-order valence-electron chi connectivity index (χ4n) is 6.41. The topological polar surface area (TPSA) is 111 Å². The first kappa shape index (κ1) is 31.4. The Balaban J connectivity index is 1.12. The number of rotatable bonds is 10. The molecule has 3 aromatic heterocycles. The third-order valence-electron chi connectivity index (χ3n) is 8.88. The van der Waals surface area contributed by atoms with E-state index in [1.54, 1.807) is 30.5 Å². The first-order valence-corrected chi connectivity index (χ1v) is 16.0. The average Bonchev–Trinajstić information content (AvgIpc) is 3.79. The van der Waals surface area contributed by atoms with Crippen molar-refractivity contribution in [3.8, 4) is 5.88 Å². The Hall–Kier alpha value is -4.23. The summed E-state index contributed by atoms with van der Waals surface area (Å²) in [6, 6.07) is 13.3. The van der Waals surface area contributed by atoms with E-state index in [1.165, 1.54) is 12.1 Å². The Kier molecular flexibility index (Phi) is 8.75. The fraction of sp³-hybridized carbons (Fsp3) is 0.333. The second-order valence-corrected chi connectivity index (χ2v) is 12.5. The molecule has 47 heavy (non-hydrogen) atoms. The van der Waals surface area contributed by atoms with Gasteiger partial charge in [0.05, 0.1) is 47.9 Å². The van der Waals surface area contributed by atoms with Gasteiger partial charge in [0.15, 0.2) is 0 Å². The second-order valence-electron chi connectivity index (χ2n) is 11.7. The minimum absolute atomic E-state index is 0.0296. The molecule has 0 radical (unpaired) electrons. The van der Waals surface area contributed by atoms with Gasteiger partial charge in [-0.25, -0.2) is 19.2 Å². The number of hydrogen-bond donors (Lipinski definition) is 1. The summed E-state index contributed by atoms with van der Waals surface area (Å²) in [5.41, 5.74) is 1.77. The van der Waals surface area contributed by atoms with Gasteiger partial charge in [-0.15, -0.1) is 0 Å². The van der Waals surface area contributed by atoms with Crippen molar-refractivity contribution < 1.29 is 23.8 Å². The molecule has 0 amide bonds. The number of fused-ring (bicyclic) bond motifs is 2. The zero-order valence-corrected chi connectivity index (χ0v) is 27.0. The third-order valence-corrected chi connectivity index (χ3v) is 9.40. The summed E-state index contributed by atoms with van der Waals surface area (Å²) in [5, 5.41) is 10.4. The van der Waals surface area contributed by atoms with Gasteiger partial charge in [-0.05, 0) is 37.3 Å². The molecule has 5 heterocycles. The molecule has 2 atom stereocenters. The standard InChI is InChI=1S/C33H32Cl2FN7O4/c1-20-37-7-8-40(20)9-11-42-26-14-22(33(44)45)13-24(35)32(26)39-30(42)16-41-10-12-43(28-19-46-18-27(28)41)29-3-2-4-31(38-29)47-17-21-5-6-23(34)15-25(21)36/h2-8,13-15,27-28H,9-12,16-19H2,1H3,(H,44,45). The smallest absolute Gasteiger partial charge is 0.335 e. The molecular formula is C33H32Cl2FN7O4. The van der Waals surface area contributed by atoms with Crippen LogP contribution in [0, 0.1) is 12.7 Å². The van der Waals surface area contributed by atoms with Crippen LogP contribution in [0.4, 0.5) is 10.2 Å². The molecular weight excluding hydrogens is 648 g/mol. The van der Waals surface area contributed by atoms with Crippen molar-refractivity contribution in [2.45, 2.75) is 45.2 Å². The zero-order chi connectivity index (χ0) is 32.7. The van der Waals surface area contributed by atoms with E-state index in [9.17, 15) is 14.3 Å². The van der Waals surface area contributed by atoms with Crippen LogP contribution < -0.4 is 9.64 Å². The molecule has 2 aromatic carbocycles. The lowest BCUT2D eigenvalue weighted by molar-refractivity contribution is 0.0697. The summed E-state index contributed by atoms with van der Waals surface area (Å²) in [7, 11) is 0. The number of imidazole rings is 2. The summed E-state index contributed by atoms with van der Waals surface area (Å²) in [6.07, 6.45) is 3.69. The molecule has 5 aromatic rings. The summed E-state index contributed by atoms with van der Waals surface area (Å²) >= 11 is 12.5. The summed E-state index contributed by atoms with van der Waals surface area (Å²) in [6.45, 7) is 6.18. The molecule has 7 rings (SSSR count). The molecule has 0 aliphatic carbocycles. The molecule has 11 nitrogen and oxygen atoms in total. The van der Waals surface area contributed by atoms with Gasteiger partial charge < -0.3 is 28.6 Å². The number of ether oxygens (including phenoxy) is 2. The first-order valence-electron chi connectivity index (χ1n) is 15.3. The highest BCUT2D eigenvalue weighted by Crippen LogP contribution is 2.32. The number of aryl methyl sites for hydroxylation is 3. The molecule has 0 saturated carbocycles. The van der Waals surface area contributed by atoms with Crippen molar-refractivity contribution >= 4 is 46.0 Å². The van der Waals surface area contributed by atoms with Crippen LogP contribution in [0.25, 0.3) is 11.0 Å². The number of nitrogens with zero attached hydrogens (tertiary/aromatic N) is 7. The van der Waals surface area contributed by atoms with Gasteiger partial charge in [0.2, 0.25) is 5.88 Å². The molecule has 0 spiro atoms.